The van der Waals surface area contributed by atoms with Crippen molar-refractivity contribution in [2.45, 2.75) is 32.1 Å². The molecule has 2 atom stereocenters. The zero-order valence-electron chi connectivity index (χ0n) is 15.2. The van der Waals surface area contributed by atoms with Crippen molar-refractivity contribution in [2.24, 2.45) is 17.8 Å². The van der Waals surface area contributed by atoms with Crippen LogP contribution in [0.3, 0.4) is 0 Å². The molecule has 0 N–H and O–H groups in total. The number of benzene rings is 1. The number of ketones is 2. The van der Waals surface area contributed by atoms with Gasteiger partial charge in [-0.25, -0.2) is 0 Å². The van der Waals surface area contributed by atoms with Gasteiger partial charge in [0.15, 0.2) is 6.61 Å². The van der Waals surface area contributed by atoms with E-state index in [1.165, 1.54) is 14.2 Å². The number of rotatable bonds is 6. The molecular formula is C20H24O6. The molecular weight excluding hydrogens is 336 g/mol. The molecule has 2 saturated carbocycles. The summed E-state index contributed by atoms with van der Waals surface area (Å²) in [6, 6.07) is 4.87. The summed E-state index contributed by atoms with van der Waals surface area (Å²) in [4.78, 5) is 36.9. The number of ether oxygens (including phenoxy) is 3. The van der Waals surface area contributed by atoms with Gasteiger partial charge in [-0.3, -0.25) is 14.4 Å². The molecule has 2 fully saturated rings. The zero-order valence-corrected chi connectivity index (χ0v) is 15.2. The van der Waals surface area contributed by atoms with Crippen LogP contribution in [0.2, 0.25) is 0 Å². The van der Waals surface area contributed by atoms with Crippen molar-refractivity contribution >= 4 is 17.5 Å². The van der Waals surface area contributed by atoms with Crippen LogP contribution in [0.1, 0.15) is 42.5 Å². The maximum absolute atomic E-state index is 12.4. The van der Waals surface area contributed by atoms with Crippen molar-refractivity contribution in [1.29, 1.82) is 0 Å². The Labute approximate surface area is 152 Å². The molecule has 0 aromatic heterocycles. The first-order valence-corrected chi connectivity index (χ1v) is 8.99. The Balaban J connectivity index is 1.59. The molecule has 0 radical (unpaired) electrons. The van der Waals surface area contributed by atoms with Crippen LogP contribution in [-0.2, 0) is 14.3 Å². The van der Waals surface area contributed by atoms with E-state index >= 15 is 0 Å². The summed E-state index contributed by atoms with van der Waals surface area (Å²) in [6.07, 6.45) is 3.88. The first-order valence-electron chi connectivity index (χ1n) is 8.99. The SMILES string of the molecule is COc1ccc(C(=O)COC(=O)C2CC3CCCC(C2)C3=O)c(OC)c1. The molecule has 2 aliphatic rings. The number of Topliss-reactive ketones (excluding diaryl/α,β-unsaturated/α-hetero) is 2. The van der Waals surface area contributed by atoms with E-state index < -0.39 is 0 Å². The zero-order chi connectivity index (χ0) is 18.7. The monoisotopic (exact) mass is 360 g/mol. The summed E-state index contributed by atoms with van der Waals surface area (Å²) in [7, 11) is 3.00. The fourth-order valence-corrected chi connectivity index (χ4v) is 4.03. The Morgan fingerprint density at radius 3 is 2.38 bits per heavy atom. The number of esters is 1. The third-order valence-electron chi connectivity index (χ3n) is 5.44. The molecule has 1 aromatic carbocycles. The first-order chi connectivity index (χ1) is 12.5. The summed E-state index contributed by atoms with van der Waals surface area (Å²) in [5.41, 5.74) is 0.344. The van der Waals surface area contributed by atoms with Crippen LogP contribution in [0.5, 0.6) is 11.5 Å². The van der Waals surface area contributed by atoms with Gasteiger partial charge in [-0.15, -0.1) is 0 Å². The summed E-state index contributed by atoms with van der Waals surface area (Å²) < 4.78 is 15.6. The maximum atomic E-state index is 12.4. The van der Waals surface area contributed by atoms with E-state index in [-0.39, 0.29) is 36.1 Å². The van der Waals surface area contributed by atoms with Gasteiger partial charge in [-0.1, -0.05) is 6.42 Å². The highest BCUT2D eigenvalue weighted by Crippen LogP contribution is 2.40. The van der Waals surface area contributed by atoms with Crippen LogP contribution >= 0.6 is 0 Å². The van der Waals surface area contributed by atoms with E-state index in [9.17, 15) is 14.4 Å². The topological polar surface area (TPSA) is 78.9 Å². The second-order valence-corrected chi connectivity index (χ2v) is 6.99. The predicted molar refractivity (Wildman–Crippen MR) is 93.4 cm³/mol. The lowest BCUT2D eigenvalue weighted by atomic mass is 9.67. The third kappa shape index (κ3) is 3.74. The molecule has 0 heterocycles. The van der Waals surface area contributed by atoms with Crippen molar-refractivity contribution in [3.8, 4) is 11.5 Å². The normalized spacial score (nSPS) is 24.7. The minimum atomic E-state index is -0.379. The van der Waals surface area contributed by atoms with Gasteiger partial charge in [0.1, 0.15) is 17.3 Å². The molecule has 2 bridgehead atoms. The van der Waals surface area contributed by atoms with Gasteiger partial charge in [0.05, 0.1) is 25.7 Å². The highest BCUT2D eigenvalue weighted by molar-refractivity contribution is 6.00. The van der Waals surface area contributed by atoms with Crippen LogP contribution < -0.4 is 9.47 Å². The van der Waals surface area contributed by atoms with E-state index in [4.69, 9.17) is 14.2 Å². The third-order valence-corrected chi connectivity index (χ3v) is 5.44. The molecule has 26 heavy (non-hydrogen) atoms. The van der Waals surface area contributed by atoms with E-state index in [1.54, 1.807) is 18.2 Å². The Kier molecular flexibility index (Phi) is 5.59. The Morgan fingerprint density at radius 2 is 1.77 bits per heavy atom. The van der Waals surface area contributed by atoms with Crippen molar-refractivity contribution in [3.05, 3.63) is 23.8 Å². The van der Waals surface area contributed by atoms with E-state index in [0.29, 0.717) is 35.7 Å². The van der Waals surface area contributed by atoms with Gasteiger partial charge < -0.3 is 14.2 Å². The highest BCUT2D eigenvalue weighted by Gasteiger charge is 2.41. The highest BCUT2D eigenvalue weighted by atomic mass is 16.5. The Hall–Kier alpha value is -2.37. The number of hydrogen-bond acceptors (Lipinski definition) is 6. The van der Waals surface area contributed by atoms with E-state index in [2.05, 4.69) is 0 Å². The molecule has 140 valence electrons. The number of methoxy groups -OCH3 is 2. The number of carbonyl (C=O) groups is 3. The molecule has 3 rings (SSSR count). The molecule has 6 heteroatoms. The summed E-state index contributed by atoms with van der Waals surface area (Å²) in [6.45, 7) is -0.332. The lowest BCUT2D eigenvalue weighted by Crippen LogP contribution is -2.39. The van der Waals surface area contributed by atoms with Gasteiger partial charge in [0.2, 0.25) is 5.78 Å². The lowest BCUT2D eigenvalue weighted by Gasteiger charge is -2.36. The molecule has 2 aliphatic carbocycles. The van der Waals surface area contributed by atoms with E-state index in [0.717, 1.165) is 19.3 Å². The Bertz CT molecular complexity index is 694. The van der Waals surface area contributed by atoms with E-state index in [1.807, 2.05) is 0 Å². The summed E-state index contributed by atoms with van der Waals surface area (Å²) >= 11 is 0. The van der Waals surface area contributed by atoms with Crippen LogP contribution in [0.25, 0.3) is 0 Å². The second kappa shape index (κ2) is 7.89. The van der Waals surface area contributed by atoms with Gasteiger partial charge in [0, 0.05) is 17.9 Å². The van der Waals surface area contributed by atoms with Crippen LogP contribution in [0, 0.1) is 17.8 Å². The predicted octanol–water partition coefficient (Wildman–Crippen LogP) is 2.83. The van der Waals surface area contributed by atoms with Crippen LogP contribution in [0.4, 0.5) is 0 Å². The quantitative estimate of drug-likeness (QED) is 0.573. The molecule has 0 saturated heterocycles. The molecule has 6 nitrogen and oxygen atoms in total. The smallest absolute Gasteiger partial charge is 0.309 e. The average Bonchev–Trinajstić information content (AvgIpc) is 2.65. The number of hydrogen-bond donors (Lipinski definition) is 0. The standard InChI is InChI=1S/C20H24O6/c1-24-15-6-7-16(18(10-15)25-2)17(21)11-26-20(23)14-8-12-4-3-5-13(9-14)19(12)22/h6-7,10,12-14H,3-5,8-9,11H2,1-2H3. The van der Waals surface area contributed by atoms with Crippen molar-refractivity contribution in [1.82, 2.24) is 0 Å². The fraction of sp³-hybridized carbons (Fsp3) is 0.550. The van der Waals surface area contributed by atoms with Crippen LogP contribution in [0.15, 0.2) is 18.2 Å². The molecule has 0 spiro atoms. The second-order valence-electron chi connectivity index (χ2n) is 6.99. The van der Waals surface area contributed by atoms with Crippen LogP contribution in [-0.4, -0.2) is 38.4 Å². The van der Waals surface area contributed by atoms with Crippen molar-refractivity contribution < 1.29 is 28.6 Å². The average molecular weight is 360 g/mol. The lowest BCUT2D eigenvalue weighted by molar-refractivity contribution is -0.152. The minimum absolute atomic E-state index is 0.0163. The van der Waals surface area contributed by atoms with Crippen molar-refractivity contribution in [3.63, 3.8) is 0 Å². The Morgan fingerprint density at radius 1 is 1.08 bits per heavy atom. The number of carbonyl (C=O) groups excluding carboxylic acids is 3. The molecule has 1 aromatic rings. The van der Waals surface area contributed by atoms with Gasteiger partial charge >= 0.3 is 5.97 Å². The van der Waals surface area contributed by atoms with Gasteiger partial charge in [-0.05, 0) is 37.8 Å². The van der Waals surface area contributed by atoms with Gasteiger partial charge in [0.25, 0.3) is 0 Å². The fourth-order valence-electron chi connectivity index (χ4n) is 4.03. The molecule has 2 unspecified atom stereocenters. The largest absolute Gasteiger partial charge is 0.497 e. The maximum Gasteiger partial charge on any atom is 0.309 e. The first kappa shape index (κ1) is 18.4. The molecule has 0 amide bonds. The molecule has 0 aliphatic heterocycles. The summed E-state index contributed by atoms with van der Waals surface area (Å²) in [5.74, 6) is 0.236. The van der Waals surface area contributed by atoms with Crippen molar-refractivity contribution in [2.75, 3.05) is 20.8 Å². The summed E-state index contributed by atoms with van der Waals surface area (Å²) in [5, 5.41) is 0. The van der Waals surface area contributed by atoms with Gasteiger partial charge in [-0.2, -0.15) is 0 Å². The minimum Gasteiger partial charge on any atom is -0.497 e. The number of fused-ring (bicyclic) bond motifs is 2.